The number of nitrogens with one attached hydrogen (secondary N) is 1. The molecule has 102 valence electrons. The van der Waals surface area contributed by atoms with Crippen molar-refractivity contribution in [1.82, 2.24) is 10.3 Å². The van der Waals surface area contributed by atoms with Crippen molar-refractivity contribution >= 4 is 50.5 Å². The van der Waals surface area contributed by atoms with E-state index in [-0.39, 0.29) is 6.04 Å². The molecule has 19 heavy (non-hydrogen) atoms. The third kappa shape index (κ3) is 4.17. The summed E-state index contributed by atoms with van der Waals surface area (Å²) in [7, 11) is 0. The van der Waals surface area contributed by atoms with Crippen LogP contribution in [-0.4, -0.2) is 11.5 Å². The van der Waals surface area contributed by atoms with Crippen LogP contribution < -0.4 is 5.32 Å². The van der Waals surface area contributed by atoms with Crippen molar-refractivity contribution in [3.05, 3.63) is 48.8 Å². The molecule has 2 aromatic heterocycles. The van der Waals surface area contributed by atoms with Crippen LogP contribution in [0.1, 0.15) is 24.1 Å². The highest BCUT2D eigenvalue weighted by Crippen LogP contribution is 2.36. The maximum Gasteiger partial charge on any atom is 0.0992 e. The molecular weight excluding hydrogens is 367 g/mol. The van der Waals surface area contributed by atoms with E-state index in [4.69, 9.17) is 23.2 Å². The van der Waals surface area contributed by atoms with E-state index in [0.29, 0.717) is 0 Å². The Balaban J connectivity index is 2.23. The van der Waals surface area contributed by atoms with E-state index in [9.17, 15) is 0 Å². The lowest BCUT2D eigenvalue weighted by Gasteiger charge is -2.17. The molecule has 0 spiro atoms. The van der Waals surface area contributed by atoms with E-state index in [0.717, 1.165) is 37.2 Å². The van der Waals surface area contributed by atoms with Gasteiger partial charge in [-0.25, -0.2) is 0 Å². The summed E-state index contributed by atoms with van der Waals surface area (Å²) in [6.45, 7) is 2.95. The zero-order valence-corrected chi connectivity index (χ0v) is 14.2. The van der Waals surface area contributed by atoms with Crippen molar-refractivity contribution in [2.45, 2.75) is 19.4 Å². The molecule has 2 aromatic rings. The smallest absolute Gasteiger partial charge is 0.0992 e. The van der Waals surface area contributed by atoms with Gasteiger partial charge in [-0.05, 0) is 46.6 Å². The average Bonchev–Trinajstić information content (AvgIpc) is 2.68. The molecule has 0 aromatic carbocycles. The van der Waals surface area contributed by atoms with Gasteiger partial charge >= 0.3 is 0 Å². The number of likely N-dealkylation sites (N-methyl/N-ethyl adjacent to an activating group) is 1. The van der Waals surface area contributed by atoms with Crippen molar-refractivity contribution in [3.8, 4) is 0 Å². The molecule has 1 atom stereocenters. The number of pyridine rings is 1. The third-order valence-corrected chi connectivity index (χ3v) is 4.66. The summed E-state index contributed by atoms with van der Waals surface area (Å²) in [5.41, 5.74) is 2.21. The van der Waals surface area contributed by atoms with E-state index in [1.807, 2.05) is 12.3 Å². The number of nitrogens with zero attached hydrogens (tertiary/aromatic N) is 1. The van der Waals surface area contributed by atoms with Crippen LogP contribution >= 0.6 is 50.5 Å². The molecule has 0 amide bonds. The van der Waals surface area contributed by atoms with E-state index in [1.165, 1.54) is 11.3 Å². The fourth-order valence-electron chi connectivity index (χ4n) is 1.93. The number of halogens is 3. The highest BCUT2D eigenvalue weighted by Gasteiger charge is 2.17. The molecule has 0 saturated carbocycles. The Hall–Kier alpha value is -0.130. The van der Waals surface area contributed by atoms with Crippen LogP contribution in [0, 0.1) is 0 Å². The first-order valence-electron chi connectivity index (χ1n) is 5.87. The van der Waals surface area contributed by atoms with Crippen molar-refractivity contribution in [2.24, 2.45) is 0 Å². The minimum Gasteiger partial charge on any atom is -0.310 e. The van der Waals surface area contributed by atoms with Crippen LogP contribution in [-0.2, 0) is 6.42 Å². The van der Waals surface area contributed by atoms with Gasteiger partial charge in [0.15, 0.2) is 0 Å². The van der Waals surface area contributed by atoms with E-state index in [2.05, 4.69) is 39.2 Å². The molecule has 2 rings (SSSR count). The molecule has 6 heteroatoms. The Kier molecular flexibility index (Phi) is 5.66. The van der Waals surface area contributed by atoms with Crippen molar-refractivity contribution in [3.63, 3.8) is 0 Å². The largest absolute Gasteiger partial charge is 0.310 e. The third-order valence-electron chi connectivity index (χ3n) is 2.71. The lowest BCUT2D eigenvalue weighted by Crippen LogP contribution is -2.22. The average molecular weight is 380 g/mol. The summed E-state index contributed by atoms with van der Waals surface area (Å²) in [5, 5.41) is 3.44. The maximum absolute atomic E-state index is 6.24. The van der Waals surface area contributed by atoms with Crippen molar-refractivity contribution in [1.29, 1.82) is 0 Å². The highest BCUT2D eigenvalue weighted by atomic mass is 79.9. The minimum atomic E-state index is 0.150. The van der Waals surface area contributed by atoms with Crippen LogP contribution in [0.4, 0.5) is 0 Å². The van der Waals surface area contributed by atoms with Gasteiger partial charge in [-0.15, -0.1) is 11.3 Å². The van der Waals surface area contributed by atoms with Gasteiger partial charge in [-0.2, -0.15) is 0 Å². The van der Waals surface area contributed by atoms with Crippen molar-refractivity contribution < 1.29 is 0 Å². The van der Waals surface area contributed by atoms with E-state index < -0.39 is 0 Å². The first kappa shape index (κ1) is 15.3. The van der Waals surface area contributed by atoms with Crippen LogP contribution in [0.2, 0.25) is 8.67 Å². The summed E-state index contributed by atoms with van der Waals surface area (Å²) in [6.07, 6.45) is 4.48. The maximum atomic E-state index is 6.24. The van der Waals surface area contributed by atoms with Crippen LogP contribution in [0.3, 0.4) is 0 Å². The van der Waals surface area contributed by atoms with Crippen LogP contribution in [0.5, 0.6) is 0 Å². The minimum absolute atomic E-state index is 0.150. The second-order valence-corrected chi connectivity index (χ2v) is 7.31. The lowest BCUT2D eigenvalue weighted by molar-refractivity contribution is 0.550. The van der Waals surface area contributed by atoms with Gasteiger partial charge < -0.3 is 5.32 Å². The van der Waals surface area contributed by atoms with Gasteiger partial charge in [0.25, 0.3) is 0 Å². The normalized spacial score (nSPS) is 12.6. The van der Waals surface area contributed by atoms with Gasteiger partial charge in [0.2, 0.25) is 0 Å². The summed E-state index contributed by atoms with van der Waals surface area (Å²) < 4.78 is 2.45. The molecule has 0 aliphatic rings. The van der Waals surface area contributed by atoms with Crippen molar-refractivity contribution in [2.75, 3.05) is 6.54 Å². The number of aromatic nitrogens is 1. The van der Waals surface area contributed by atoms with Crippen LogP contribution in [0.15, 0.2) is 29.0 Å². The zero-order chi connectivity index (χ0) is 13.8. The molecule has 2 nitrogen and oxygen atoms in total. The number of rotatable bonds is 5. The van der Waals surface area contributed by atoms with Crippen LogP contribution in [0.25, 0.3) is 0 Å². The molecule has 0 bridgehead atoms. The van der Waals surface area contributed by atoms with Gasteiger partial charge in [-0.1, -0.05) is 30.1 Å². The fourth-order valence-corrected chi connectivity index (χ4v) is 3.92. The summed E-state index contributed by atoms with van der Waals surface area (Å²) in [5.74, 6) is 0. The SMILES string of the molecule is CCNC(Cc1cncc(Br)c1)c1cc(Cl)sc1Cl. The molecule has 0 radical (unpaired) electrons. The lowest BCUT2D eigenvalue weighted by atomic mass is 10.0. The molecule has 0 fully saturated rings. The first-order chi connectivity index (χ1) is 9.10. The Bertz CT molecular complexity index is 559. The monoisotopic (exact) mass is 378 g/mol. The Morgan fingerprint density at radius 1 is 1.37 bits per heavy atom. The number of hydrogen-bond donors (Lipinski definition) is 1. The number of thiophene rings is 1. The molecule has 2 heterocycles. The highest BCUT2D eigenvalue weighted by molar-refractivity contribution is 9.10. The van der Waals surface area contributed by atoms with E-state index in [1.54, 1.807) is 6.20 Å². The Morgan fingerprint density at radius 3 is 2.74 bits per heavy atom. The molecule has 1 N–H and O–H groups in total. The Morgan fingerprint density at radius 2 is 2.16 bits per heavy atom. The topological polar surface area (TPSA) is 24.9 Å². The van der Waals surface area contributed by atoms with Gasteiger partial charge in [0.1, 0.15) is 0 Å². The van der Waals surface area contributed by atoms with Gasteiger partial charge in [0, 0.05) is 28.5 Å². The first-order valence-corrected chi connectivity index (χ1v) is 8.24. The second kappa shape index (κ2) is 7.04. The zero-order valence-electron chi connectivity index (χ0n) is 10.3. The molecule has 0 saturated heterocycles. The molecule has 0 aliphatic carbocycles. The predicted octanol–water partition coefficient (Wildman–Crippen LogP) is 5.11. The fraction of sp³-hybridized carbons (Fsp3) is 0.308. The second-order valence-electron chi connectivity index (χ2n) is 4.11. The van der Waals surface area contributed by atoms with E-state index >= 15 is 0 Å². The predicted molar refractivity (Wildman–Crippen MR) is 86.4 cm³/mol. The molecule has 1 unspecified atom stereocenters. The summed E-state index contributed by atoms with van der Waals surface area (Å²) in [6, 6.07) is 4.16. The Labute approximate surface area is 135 Å². The van der Waals surface area contributed by atoms with Gasteiger partial charge in [0.05, 0.1) is 8.67 Å². The number of hydrogen-bond acceptors (Lipinski definition) is 3. The standard InChI is InChI=1S/C13H13BrCl2N2S/c1-2-18-11(10-5-12(15)19-13(10)16)4-8-3-9(14)7-17-6-8/h3,5-7,11,18H,2,4H2,1H3. The van der Waals surface area contributed by atoms with Gasteiger partial charge in [-0.3, -0.25) is 4.98 Å². The quantitative estimate of drug-likeness (QED) is 0.780. The summed E-state index contributed by atoms with van der Waals surface area (Å²) in [4.78, 5) is 4.19. The summed E-state index contributed by atoms with van der Waals surface area (Å²) >= 11 is 17.1. The molecular formula is C13H13BrCl2N2S. The molecule has 0 aliphatic heterocycles.